The number of hydrogen-bond acceptors (Lipinski definition) is 5. The molecule has 0 saturated heterocycles. The van der Waals surface area contributed by atoms with Crippen molar-refractivity contribution in [3.05, 3.63) is 29.8 Å². The van der Waals surface area contributed by atoms with Crippen molar-refractivity contribution < 1.29 is 16.8 Å². The highest BCUT2D eigenvalue weighted by atomic mass is 35.7. The summed E-state index contributed by atoms with van der Waals surface area (Å²) < 4.78 is 48.5. The monoisotopic (exact) mass is 325 g/mol. The fraction of sp³-hybridized carbons (Fsp3) is 0.222. The molecule has 0 aromatic heterocycles. The van der Waals surface area contributed by atoms with Crippen LogP contribution in [-0.2, 0) is 19.1 Å². The zero-order valence-electron chi connectivity index (χ0n) is 8.91. The maximum atomic E-state index is 11.7. The van der Waals surface area contributed by atoms with Gasteiger partial charge in [0.05, 0.1) is 10.6 Å². The predicted molar refractivity (Wildman–Crippen MR) is 72.3 cm³/mol. The molecule has 0 amide bonds. The topological polar surface area (TPSA) is 80.6 Å². The first-order chi connectivity index (χ1) is 8.30. The third-order valence-electron chi connectivity index (χ3n) is 2.16. The smallest absolute Gasteiger partial charge is 0.212 e. The highest BCUT2D eigenvalue weighted by molar-refractivity contribution is 8.17. The Hall–Kier alpha value is -0.570. The minimum absolute atomic E-state index is 0.154. The van der Waals surface area contributed by atoms with Gasteiger partial charge in [0.2, 0.25) is 9.05 Å². The third kappa shape index (κ3) is 3.05. The van der Waals surface area contributed by atoms with E-state index in [1.807, 2.05) is 0 Å². The van der Waals surface area contributed by atoms with E-state index in [2.05, 4.69) is 4.40 Å². The van der Waals surface area contributed by atoms with Gasteiger partial charge >= 0.3 is 0 Å². The fourth-order valence-corrected chi connectivity index (χ4v) is 5.32. The van der Waals surface area contributed by atoms with Crippen LogP contribution in [0.25, 0.3) is 0 Å². The lowest BCUT2D eigenvalue weighted by molar-refractivity contribution is 0.599. The lowest BCUT2D eigenvalue weighted by atomic mass is 10.2. The van der Waals surface area contributed by atoms with Crippen molar-refractivity contribution in [3.63, 3.8) is 0 Å². The summed E-state index contributed by atoms with van der Waals surface area (Å²) in [6, 6.07) is 6.43. The SMILES string of the molecule is O=S(=O)(Cl)CCSC1=NS(=O)(=O)c2ccccc21. The second-order valence-corrected chi connectivity index (χ2v) is 9.01. The number of nitrogens with zero attached hydrogens (tertiary/aromatic N) is 1. The van der Waals surface area contributed by atoms with Crippen molar-refractivity contribution in [2.24, 2.45) is 4.40 Å². The van der Waals surface area contributed by atoms with Gasteiger partial charge in [-0.1, -0.05) is 18.2 Å². The largest absolute Gasteiger partial charge is 0.284 e. The van der Waals surface area contributed by atoms with Gasteiger partial charge in [-0.05, 0) is 6.07 Å². The third-order valence-corrected chi connectivity index (χ3v) is 6.02. The Labute approximate surface area is 114 Å². The van der Waals surface area contributed by atoms with Crippen LogP contribution in [0.5, 0.6) is 0 Å². The molecule has 0 unspecified atom stereocenters. The number of halogens is 1. The van der Waals surface area contributed by atoms with Crippen molar-refractivity contribution >= 4 is 46.6 Å². The summed E-state index contributed by atoms with van der Waals surface area (Å²) >= 11 is 1.06. The summed E-state index contributed by atoms with van der Waals surface area (Å²) in [6.45, 7) is 0. The molecule has 98 valence electrons. The average Bonchev–Trinajstić information content (AvgIpc) is 2.50. The normalized spacial score (nSPS) is 17.3. The lowest BCUT2D eigenvalue weighted by Crippen LogP contribution is -2.03. The van der Waals surface area contributed by atoms with Crippen LogP contribution in [0.15, 0.2) is 33.6 Å². The molecule has 0 saturated carbocycles. The molecule has 0 spiro atoms. The summed E-state index contributed by atoms with van der Waals surface area (Å²) in [4.78, 5) is 0.154. The van der Waals surface area contributed by atoms with E-state index < -0.39 is 19.1 Å². The predicted octanol–water partition coefficient (Wildman–Crippen LogP) is 1.44. The van der Waals surface area contributed by atoms with Crippen LogP contribution in [-0.4, -0.2) is 33.4 Å². The van der Waals surface area contributed by atoms with E-state index in [4.69, 9.17) is 10.7 Å². The van der Waals surface area contributed by atoms with E-state index >= 15 is 0 Å². The first kappa shape index (κ1) is 13.9. The van der Waals surface area contributed by atoms with Gasteiger partial charge in [0.15, 0.2) is 0 Å². The van der Waals surface area contributed by atoms with Crippen molar-refractivity contribution in [1.29, 1.82) is 0 Å². The van der Waals surface area contributed by atoms with E-state index in [1.165, 1.54) is 6.07 Å². The number of thioether (sulfide) groups is 1. The highest BCUT2D eigenvalue weighted by Gasteiger charge is 2.28. The molecule has 1 aromatic carbocycles. The van der Waals surface area contributed by atoms with E-state index in [9.17, 15) is 16.8 Å². The van der Waals surface area contributed by atoms with Gasteiger partial charge in [0, 0.05) is 22.0 Å². The number of rotatable bonds is 3. The standard InChI is InChI=1S/C9H8ClNO4S3/c10-17(12,13)6-5-16-9-7-3-1-2-4-8(7)18(14,15)11-9/h1-4H,5-6H2. The molecule has 5 nitrogen and oxygen atoms in total. The molecule has 0 atom stereocenters. The van der Waals surface area contributed by atoms with Crippen LogP contribution in [0.3, 0.4) is 0 Å². The van der Waals surface area contributed by atoms with Gasteiger partial charge in [0.25, 0.3) is 10.0 Å². The molecule has 0 radical (unpaired) electrons. The van der Waals surface area contributed by atoms with Gasteiger partial charge in [-0.25, -0.2) is 8.42 Å². The first-order valence-electron chi connectivity index (χ1n) is 4.79. The second kappa shape index (κ2) is 4.84. The second-order valence-electron chi connectivity index (χ2n) is 3.46. The van der Waals surface area contributed by atoms with Gasteiger partial charge in [-0.2, -0.15) is 12.8 Å². The lowest BCUT2D eigenvalue weighted by Gasteiger charge is -2.00. The van der Waals surface area contributed by atoms with E-state index in [0.29, 0.717) is 10.6 Å². The molecule has 2 rings (SSSR count). The molecule has 1 heterocycles. The van der Waals surface area contributed by atoms with Crippen LogP contribution in [0, 0.1) is 0 Å². The average molecular weight is 326 g/mol. The maximum Gasteiger partial charge on any atom is 0.284 e. The molecule has 18 heavy (non-hydrogen) atoms. The maximum absolute atomic E-state index is 11.7. The van der Waals surface area contributed by atoms with E-state index in [0.717, 1.165) is 11.8 Å². The molecule has 1 aliphatic rings. The quantitative estimate of drug-likeness (QED) is 0.785. The van der Waals surface area contributed by atoms with Crippen molar-refractivity contribution in [2.45, 2.75) is 4.90 Å². The van der Waals surface area contributed by atoms with Crippen molar-refractivity contribution in [2.75, 3.05) is 11.5 Å². The van der Waals surface area contributed by atoms with Crippen molar-refractivity contribution in [3.8, 4) is 0 Å². The summed E-state index contributed by atoms with van der Waals surface area (Å²) in [5, 5.41) is 0.311. The molecular formula is C9H8ClNO4S3. The highest BCUT2D eigenvalue weighted by Crippen LogP contribution is 2.30. The molecule has 1 aromatic rings. The van der Waals surface area contributed by atoms with Gasteiger partial charge in [0.1, 0.15) is 5.04 Å². The molecule has 0 aliphatic carbocycles. The Bertz CT molecular complexity index is 709. The van der Waals surface area contributed by atoms with Crippen LogP contribution in [0.4, 0.5) is 0 Å². The summed E-state index contributed by atoms with van der Waals surface area (Å²) in [7, 11) is -2.14. The molecule has 1 aliphatic heterocycles. The van der Waals surface area contributed by atoms with Gasteiger partial charge in [-0.15, -0.1) is 11.8 Å². The Balaban J connectivity index is 2.21. The van der Waals surface area contributed by atoms with Crippen LogP contribution in [0.2, 0.25) is 0 Å². The minimum Gasteiger partial charge on any atom is -0.212 e. The fourth-order valence-electron chi connectivity index (χ4n) is 1.42. The number of benzene rings is 1. The van der Waals surface area contributed by atoms with Crippen molar-refractivity contribution in [1.82, 2.24) is 0 Å². The Morgan fingerprint density at radius 2 is 1.94 bits per heavy atom. The Morgan fingerprint density at radius 3 is 2.61 bits per heavy atom. The molecule has 9 heteroatoms. The van der Waals surface area contributed by atoms with E-state index in [1.54, 1.807) is 18.2 Å². The Morgan fingerprint density at radius 1 is 1.28 bits per heavy atom. The Kier molecular flexibility index (Phi) is 3.72. The van der Waals surface area contributed by atoms with Crippen LogP contribution in [0.1, 0.15) is 5.56 Å². The molecular weight excluding hydrogens is 318 g/mol. The van der Waals surface area contributed by atoms with Crippen LogP contribution < -0.4 is 0 Å². The number of hydrogen-bond donors (Lipinski definition) is 0. The number of fused-ring (bicyclic) bond motifs is 1. The molecule has 0 bridgehead atoms. The van der Waals surface area contributed by atoms with Gasteiger partial charge in [-0.3, -0.25) is 0 Å². The molecule has 0 N–H and O–H groups in total. The van der Waals surface area contributed by atoms with Crippen LogP contribution >= 0.6 is 22.4 Å². The first-order valence-corrected chi connectivity index (χ1v) is 9.69. The van der Waals surface area contributed by atoms with Gasteiger partial charge < -0.3 is 0 Å². The summed E-state index contributed by atoms with van der Waals surface area (Å²) in [5.74, 6) is -0.0744. The summed E-state index contributed by atoms with van der Waals surface area (Å²) in [6.07, 6.45) is 0. The molecule has 0 fully saturated rings. The minimum atomic E-state index is -3.64. The zero-order valence-corrected chi connectivity index (χ0v) is 12.1. The number of sulfonamides is 1. The van der Waals surface area contributed by atoms with E-state index in [-0.39, 0.29) is 16.4 Å². The zero-order chi connectivity index (χ0) is 13.4. The summed E-state index contributed by atoms with van der Waals surface area (Å²) in [5.41, 5.74) is 0.509.